The summed E-state index contributed by atoms with van der Waals surface area (Å²) in [4.78, 5) is 10.2. The first kappa shape index (κ1) is 12.6. The van der Waals surface area contributed by atoms with Gasteiger partial charge in [0, 0.05) is 0 Å². The second-order valence-corrected chi connectivity index (χ2v) is 3.87. The average Bonchev–Trinajstić information content (AvgIpc) is 2.03. The van der Waals surface area contributed by atoms with E-state index in [4.69, 9.17) is 9.66 Å². The highest BCUT2D eigenvalue weighted by atomic mass is 32.2. The Labute approximate surface area is 81.8 Å². The maximum absolute atomic E-state index is 10.2. The molecule has 0 radical (unpaired) electrons. The summed E-state index contributed by atoms with van der Waals surface area (Å²) in [5.41, 5.74) is 0.331. The number of hydrogen-bond donors (Lipinski definition) is 2. The molecule has 0 spiro atoms. The van der Waals surface area contributed by atoms with Crippen LogP contribution in [0, 0.1) is 0 Å². The molecule has 0 aliphatic rings. The molecule has 6 heteroatoms. The summed E-state index contributed by atoms with van der Waals surface area (Å²) in [5.74, 6) is -0.879. The zero-order valence-corrected chi connectivity index (χ0v) is 8.23. The zero-order valence-electron chi connectivity index (χ0n) is 7.41. The third-order valence-electron chi connectivity index (χ3n) is 1.02. The highest BCUT2D eigenvalue weighted by Gasteiger charge is 1.96. The molecular weight excluding hydrogens is 208 g/mol. The number of rotatable bonds is 1. The van der Waals surface area contributed by atoms with Crippen LogP contribution < -0.4 is 0 Å². The monoisotopic (exact) mass is 218 g/mol. The molecule has 0 heterocycles. The van der Waals surface area contributed by atoms with E-state index in [0.29, 0.717) is 11.8 Å². The molecular formula is C8H10O5S. The van der Waals surface area contributed by atoms with Crippen molar-refractivity contribution in [2.45, 2.75) is 0 Å². The third-order valence-corrected chi connectivity index (χ3v) is 1.02. The Morgan fingerprint density at radius 1 is 1.21 bits per heavy atom. The first-order valence-electron chi connectivity index (χ1n) is 3.51. The SMILES string of the molecule is CS(=O)(=O)O.O=C(O)c1ccccc1. The molecule has 14 heavy (non-hydrogen) atoms. The van der Waals surface area contributed by atoms with E-state index < -0.39 is 16.1 Å². The van der Waals surface area contributed by atoms with Crippen molar-refractivity contribution in [1.29, 1.82) is 0 Å². The van der Waals surface area contributed by atoms with Crippen LogP contribution in [0.1, 0.15) is 10.4 Å². The summed E-state index contributed by atoms with van der Waals surface area (Å²) in [5, 5.41) is 8.38. The Kier molecular flexibility index (Phi) is 4.82. The van der Waals surface area contributed by atoms with Crippen molar-refractivity contribution in [2.24, 2.45) is 0 Å². The van der Waals surface area contributed by atoms with Gasteiger partial charge < -0.3 is 5.11 Å². The molecule has 0 fully saturated rings. The second-order valence-electron chi connectivity index (χ2n) is 2.40. The molecule has 0 saturated carbocycles. The molecule has 1 rings (SSSR count). The van der Waals surface area contributed by atoms with E-state index >= 15 is 0 Å². The Balaban J connectivity index is 0.000000292. The number of carboxylic acid groups (broad SMARTS) is 1. The van der Waals surface area contributed by atoms with Crippen molar-refractivity contribution in [1.82, 2.24) is 0 Å². The maximum Gasteiger partial charge on any atom is 0.335 e. The van der Waals surface area contributed by atoms with E-state index in [9.17, 15) is 13.2 Å². The lowest BCUT2D eigenvalue weighted by molar-refractivity contribution is 0.0697. The summed E-state index contributed by atoms with van der Waals surface area (Å²) >= 11 is 0. The molecule has 0 aliphatic carbocycles. The average molecular weight is 218 g/mol. The minimum atomic E-state index is -3.67. The first-order valence-corrected chi connectivity index (χ1v) is 5.36. The van der Waals surface area contributed by atoms with Gasteiger partial charge in [-0.3, -0.25) is 4.55 Å². The summed E-state index contributed by atoms with van der Waals surface area (Å²) in [6, 6.07) is 8.30. The van der Waals surface area contributed by atoms with Crippen LogP contribution in [-0.2, 0) is 10.1 Å². The maximum atomic E-state index is 10.2. The molecule has 78 valence electrons. The number of hydrogen-bond acceptors (Lipinski definition) is 3. The van der Waals surface area contributed by atoms with Gasteiger partial charge in [0.25, 0.3) is 10.1 Å². The van der Waals surface area contributed by atoms with E-state index in [1.807, 2.05) is 0 Å². The standard InChI is InChI=1S/C7H6O2.CH4O3S/c8-7(9)6-4-2-1-3-5-6;1-5(2,3)4/h1-5H,(H,8,9);1H3,(H,2,3,4). The van der Waals surface area contributed by atoms with Crippen LogP contribution in [0.25, 0.3) is 0 Å². The van der Waals surface area contributed by atoms with Gasteiger partial charge in [0.1, 0.15) is 0 Å². The van der Waals surface area contributed by atoms with Crippen molar-refractivity contribution in [3.05, 3.63) is 35.9 Å². The van der Waals surface area contributed by atoms with Crippen LogP contribution in [0.5, 0.6) is 0 Å². The van der Waals surface area contributed by atoms with Gasteiger partial charge in [-0.15, -0.1) is 0 Å². The summed E-state index contributed by atoms with van der Waals surface area (Å²) in [6.07, 6.45) is 0.715. The third kappa shape index (κ3) is 8.69. The molecule has 2 N–H and O–H groups in total. The lowest BCUT2D eigenvalue weighted by Gasteiger charge is -1.88. The van der Waals surface area contributed by atoms with Gasteiger partial charge in [0.05, 0.1) is 11.8 Å². The number of benzene rings is 1. The fourth-order valence-electron chi connectivity index (χ4n) is 0.581. The van der Waals surface area contributed by atoms with Crippen molar-refractivity contribution in [3.8, 4) is 0 Å². The largest absolute Gasteiger partial charge is 0.478 e. The predicted molar refractivity (Wildman–Crippen MR) is 50.9 cm³/mol. The summed E-state index contributed by atoms with van der Waals surface area (Å²) in [6.45, 7) is 0. The molecule has 1 aromatic carbocycles. The van der Waals surface area contributed by atoms with Gasteiger partial charge >= 0.3 is 5.97 Å². The van der Waals surface area contributed by atoms with Gasteiger partial charge in [0.2, 0.25) is 0 Å². The highest BCUT2D eigenvalue weighted by Crippen LogP contribution is 1.96. The van der Waals surface area contributed by atoms with Crippen LogP contribution in [0.15, 0.2) is 30.3 Å². The van der Waals surface area contributed by atoms with Crippen LogP contribution >= 0.6 is 0 Å². The Morgan fingerprint density at radius 3 is 1.79 bits per heavy atom. The van der Waals surface area contributed by atoms with Crippen molar-refractivity contribution < 1.29 is 22.9 Å². The fourth-order valence-corrected chi connectivity index (χ4v) is 0.581. The number of aromatic carboxylic acids is 1. The van der Waals surface area contributed by atoms with E-state index in [-0.39, 0.29) is 0 Å². The Bertz CT molecular complexity index is 373. The van der Waals surface area contributed by atoms with Crippen molar-refractivity contribution in [3.63, 3.8) is 0 Å². The van der Waals surface area contributed by atoms with Crippen LogP contribution in [0.4, 0.5) is 0 Å². The van der Waals surface area contributed by atoms with E-state index in [0.717, 1.165) is 0 Å². The number of carbonyl (C=O) groups is 1. The van der Waals surface area contributed by atoms with Crippen molar-refractivity contribution >= 4 is 16.1 Å². The molecule has 0 aromatic heterocycles. The van der Waals surface area contributed by atoms with Gasteiger partial charge in [0.15, 0.2) is 0 Å². The fraction of sp³-hybridized carbons (Fsp3) is 0.125. The summed E-state index contributed by atoms with van der Waals surface area (Å²) in [7, 11) is -3.67. The highest BCUT2D eigenvalue weighted by molar-refractivity contribution is 7.85. The molecule has 1 aromatic rings. The summed E-state index contributed by atoms with van der Waals surface area (Å²) < 4.78 is 25.9. The minimum absolute atomic E-state index is 0.331. The molecule has 0 aliphatic heterocycles. The van der Waals surface area contributed by atoms with Gasteiger partial charge in [-0.2, -0.15) is 8.42 Å². The van der Waals surface area contributed by atoms with Gasteiger partial charge in [-0.1, -0.05) is 18.2 Å². The normalized spacial score (nSPS) is 9.86. The van der Waals surface area contributed by atoms with E-state index in [1.54, 1.807) is 30.3 Å². The molecule has 0 unspecified atom stereocenters. The Morgan fingerprint density at radius 2 is 1.57 bits per heavy atom. The van der Waals surface area contributed by atoms with Crippen molar-refractivity contribution in [2.75, 3.05) is 6.26 Å². The van der Waals surface area contributed by atoms with Crippen LogP contribution in [0.3, 0.4) is 0 Å². The smallest absolute Gasteiger partial charge is 0.335 e. The lowest BCUT2D eigenvalue weighted by Crippen LogP contribution is -1.93. The molecule has 0 amide bonds. The molecule has 0 atom stereocenters. The zero-order chi connectivity index (χ0) is 11.2. The topological polar surface area (TPSA) is 91.7 Å². The molecule has 5 nitrogen and oxygen atoms in total. The van der Waals surface area contributed by atoms with Crippen LogP contribution in [0.2, 0.25) is 0 Å². The van der Waals surface area contributed by atoms with Gasteiger partial charge in [-0.25, -0.2) is 4.79 Å². The number of carboxylic acids is 1. The first-order chi connectivity index (χ1) is 6.30. The van der Waals surface area contributed by atoms with E-state index in [2.05, 4.69) is 0 Å². The molecule has 0 saturated heterocycles. The van der Waals surface area contributed by atoms with E-state index in [1.165, 1.54) is 0 Å². The van der Waals surface area contributed by atoms with Crippen LogP contribution in [-0.4, -0.2) is 30.3 Å². The minimum Gasteiger partial charge on any atom is -0.478 e. The lowest BCUT2D eigenvalue weighted by atomic mass is 10.2. The quantitative estimate of drug-likeness (QED) is 0.683. The second kappa shape index (κ2) is 5.36. The predicted octanol–water partition coefficient (Wildman–Crippen LogP) is 0.889. The molecule has 0 bridgehead atoms. The van der Waals surface area contributed by atoms with Gasteiger partial charge in [-0.05, 0) is 12.1 Å². The Hall–Kier alpha value is -1.40.